The highest BCUT2D eigenvalue weighted by atomic mass is 19.1. The first-order chi connectivity index (χ1) is 11.7. The first-order valence-corrected chi connectivity index (χ1v) is 8.18. The summed E-state index contributed by atoms with van der Waals surface area (Å²) < 4.78 is 14.1. The Labute approximate surface area is 138 Å². The Hall–Kier alpha value is -2.54. The lowest BCUT2D eigenvalue weighted by molar-refractivity contribution is 0.409. The van der Waals surface area contributed by atoms with Crippen molar-refractivity contribution in [3.8, 4) is 11.4 Å². The highest BCUT2D eigenvalue weighted by Gasteiger charge is 2.20. The smallest absolute Gasteiger partial charge is 0.183 e. The molecular weight excluding hydrogens is 307 g/mol. The molecule has 0 atom stereocenters. The fraction of sp³-hybridized carbons (Fsp3) is 0.353. The number of nitrogens with one attached hydrogen (secondary N) is 2. The van der Waals surface area contributed by atoms with Gasteiger partial charge in [-0.15, -0.1) is 0 Å². The van der Waals surface area contributed by atoms with Crippen molar-refractivity contribution in [1.29, 1.82) is 0 Å². The van der Waals surface area contributed by atoms with Gasteiger partial charge in [0.1, 0.15) is 5.65 Å². The average molecular weight is 326 g/mol. The molecule has 3 aromatic rings. The van der Waals surface area contributed by atoms with Gasteiger partial charge in [-0.05, 0) is 37.8 Å². The van der Waals surface area contributed by atoms with Crippen molar-refractivity contribution in [1.82, 2.24) is 19.9 Å². The van der Waals surface area contributed by atoms with Gasteiger partial charge in [-0.2, -0.15) is 0 Å². The predicted molar refractivity (Wildman–Crippen MR) is 90.9 cm³/mol. The third-order valence-electron chi connectivity index (χ3n) is 4.55. The summed E-state index contributed by atoms with van der Waals surface area (Å²) in [6.07, 6.45) is 8.49. The number of halogens is 1. The Bertz CT molecular complexity index is 853. The molecule has 0 amide bonds. The number of hydrogen-bond acceptors (Lipinski definition) is 5. The maximum atomic E-state index is 14.1. The van der Waals surface area contributed by atoms with Crippen LogP contribution in [0.2, 0.25) is 0 Å². The van der Waals surface area contributed by atoms with Gasteiger partial charge in [0, 0.05) is 35.4 Å². The van der Waals surface area contributed by atoms with E-state index in [9.17, 15) is 4.39 Å². The van der Waals surface area contributed by atoms with E-state index in [1.165, 1.54) is 6.20 Å². The van der Waals surface area contributed by atoms with E-state index in [1.807, 2.05) is 12.1 Å². The predicted octanol–water partition coefficient (Wildman–Crippen LogP) is 2.84. The van der Waals surface area contributed by atoms with Crippen LogP contribution in [0.25, 0.3) is 22.4 Å². The van der Waals surface area contributed by atoms with Crippen LogP contribution in [0.1, 0.15) is 25.7 Å². The van der Waals surface area contributed by atoms with Crippen molar-refractivity contribution < 1.29 is 4.39 Å². The molecule has 3 heterocycles. The standard InChI is InChI=1S/C17H19FN6/c18-14-9-22-16(13-8-21-15-12(13)2-1-7-20-15)24-17(14)23-11-5-3-10(19)4-6-11/h1-2,7-11H,3-6,19H2,(H,20,21)(H,22,23,24). The molecule has 0 radical (unpaired) electrons. The van der Waals surface area contributed by atoms with E-state index < -0.39 is 5.82 Å². The molecule has 1 aliphatic rings. The van der Waals surface area contributed by atoms with Crippen molar-refractivity contribution in [2.24, 2.45) is 5.73 Å². The van der Waals surface area contributed by atoms with Crippen molar-refractivity contribution in [3.63, 3.8) is 0 Å². The SMILES string of the molecule is NC1CCC(Nc2nc(-c3c[nH]c4ncccc34)ncc2F)CC1. The Morgan fingerprint density at radius 2 is 2.04 bits per heavy atom. The van der Waals surface area contributed by atoms with Crippen molar-refractivity contribution in [2.75, 3.05) is 5.32 Å². The first-order valence-electron chi connectivity index (χ1n) is 8.18. The molecule has 124 valence electrons. The number of H-pyrrole nitrogens is 1. The highest BCUT2D eigenvalue weighted by molar-refractivity contribution is 5.91. The number of nitrogens with two attached hydrogens (primary N) is 1. The normalized spacial score (nSPS) is 21.1. The van der Waals surface area contributed by atoms with E-state index in [0.717, 1.165) is 42.3 Å². The number of aromatic amines is 1. The molecule has 6 nitrogen and oxygen atoms in total. The molecule has 0 aromatic carbocycles. The molecule has 1 aliphatic carbocycles. The summed E-state index contributed by atoms with van der Waals surface area (Å²) in [7, 11) is 0. The minimum Gasteiger partial charge on any atom is -0.365 e. The van der Waals surface area contributed by atoms with Gasteiger partial charge < -0.3 is 16.0 Å². The Kier molecular flexibility index (Phi) is 3.86. The van der Waals surface area contributed by atoms with Gasteiger partial charge in [0.2, 0.25) is 0 Å². The monoisotopic (exact) mass is 326 g/mol. The minimum atomic E-state index is -0.438. The van der Waals surface area contributed by atoms with Gasteiger partial charge in [-0.1, -0.05) is 0 Å². The summed E-state index contributed by atoms with van der Waals surface area (Å²) in [6, 6.07) is 4.25. The number of pyridine rings is 1. The van der Waals surface area contributed by atoms with Crippen LogP contribution >= 0.6 is 0 Å². The van der Waals surface area contributed by atoms with Crippen molar-refractivity contribution in [3.05, 3.63) is 36.5 Å². The molecule has 24 heavy (non-hydrogen) atoms. The Balaban J connectivity index is 1.64. The van der Waals surface area contributed by atoms with Crippen LogP contribution in [0.5, 0.6) is 0 Å². The third-order valence-corrected chi connectivity index (χ3v) is 4.55. The topological polar surface area (TPSA) is 92.5 Å². The van der Waals surface area contributed by atoms with E-state index in [4.69, 9.17) is 5.73 Å². The summed E-state index contributed by atoms with van der Waals surface area (Å²) >= 11 is 0. The lowest BCUT2D eigenvalue weighted by Crippen LogP contribution is -2.33. The second-order valence-electron chi connectivity index (χ2n) is 6.25. The van der Waals surface area contributed by atoms with Crippen LogP contribution in [0, 0.1) is 5.82 Å². The zero-order valence-electron chi connectivity index (χ0n) is 13.2. The van der Waals surface area contributed by atoms with Crippen molar-refractivity contribution in [2.45, 2.75) is 37.8 Å². The summed E-state index contributed by atoms with van der Waals surface area (Å²) in [4.78, 5) is 15.9. The summed E-state index contributed by atoms with van der Waals surface area (Å²) in [6.45, 7) is 0. The van der Waals surface area contributed by atoms with Gasteiger partial charge in [0.25, 0.3) is 0 Å². The van der Waals surface area contributed by atoms with E-state index >= 15 is 0 Å². The highest BCUT2D eigenvalue weighted by Crippen LogP contribution is 2.27. The second kappa shape index (κ2) is 6.16. The Morgan fingerprint density at radius 3 is 2.88 bits per heavy atom. The minimum absolute atomic E-state index is 0.201. The molecule has 4 N–H and O–H groups in total. The lowest BCUT2D eigenvalue weighted by atomic mass is 9.92. The molecule has 0 aliphatic heterocycles. The molecule has 0 saturated heterocycles. The van der Waals surface area contributed by atoms with Gasteiger partial charge >= 0.3 is 0 Å². The third kappa shape index (κ3) is 2.82. The number of aromatic nitrogens is 4. The largest absolute Gasteiger partial charge is 0.365 e. The van der Waals surface area contributed by atoms with Crippen LogP contribution in [0.3, 0.4) is 0 Å². The molecule has 4 rings (SSSR count). The van der Waals surface area contributed by atoms with E-state index in [0.29, 0.717) is 5.82 Å². The molecule has 0 spiro atoms. The van der Waals surface area contributed by atoms with Crippen LogP contribution in [0.4, 0.5) is 10.2 Å². The van der Waals surface area contributed by atoms with Crippen LogP contribution in [-0.4, -0.2) is 32.0 Å². The number of rotatable bonds is 3. The van der Waals surface area contributed by atoms with Crippen molar-refractivity contribution >= 4 is 16.9 Å². The zero-order valence-corrected chi connectivity index (χ0v) is 13.2. The molecule has 7 heteroatoms. The Morgan fingerprint density at radius 1 is 1.21 bits per heavy atom. The zero-order chi connectivity index (χ0) is 16.5. The van der Waals surface area contributed by atoms with Gasteiger partial charge in [0.05, 0.1) is 6.20 Å². The lowest BCUT2D eigenvalue weighted by Gasteiger charge is -2.27. The van der Waals surface area contributed by atoms with Gasteiger partial charge in [-0.25, -0.2) is 19.3 Å². The molecular formula is C17H19FN6. The summed E-state index contributed by atoms with van der Waals surface area (Å²) in [5, 5.41) is 4.13. The number of nitrogens with zero attached hydrogens (tertiary/aromatic N) is 3. The number of fused-ring (bicyclic) bond motifs is 1. The quantitative estimate of drug-likeness (QED) is 0.688. The first kappa shape index (κ1) is 15.0. The molecule has 3 aromatic heterocycles. The summed E-state index contributed by atoms with van der Waals surface area (Å²) in [5.41, 5.74) is 7.50. The molecule has 0 bridgehead atoms. The van der Waals surface area contributed by atoms with Crippen LogP contribution in [0.15, 0.2) is 30.7 Å². The molecule has 1 saturated carbocycles. The van der Waals surface area contributed by atoms with Crippen LogP contribution < -0.4 is 11.1 Å². The number of hydrogen-bond donors (Lipinski definition) is 3. The maximum Gasteiger partial charge on any atom is 0.183 e. The fourth-order valence-electron chi connectivity index (χ4n) is 3.20. The van der Waals surface area contributed by atoms with E-state index in [-0.39, 0.29) is 17.9 Å². The van der Waals surface area contributed by atoms with Gasteiger partial charge in [-0.3, -0.25) is 0 Å². The average Bonchev–Trinajstić information content (AvgIpc) is 3.03. The molecule has 0 unspecified atom stereocenters. The molecule has 1 fully saturated rings. The second-order valence-corrected chi connectivity index (χ2v) is 6.25. The number of anilines is 1. The van der Waals surface area contributed by atoms with E-state index in [1.54, 1.807) is 12.4 Å². The fourth-order valence-corrected chi connectivity index (χ4v) is 3.20. The van der Waals surface area contributed by atoms with Gasteiger partial charge in [0.15, 0.2) is 17.5 Å². The van der Waals surface area contributed by atoms with E-state index in [2.05, 4.69) is 25.3 Å². The summed E-state index contributed by atoms with van der Waals surface area (Å²) in [5.74, 6) is 0.288. The van der Waals surface area contributed by atoms with Crippen LogP contribution in [-0.2, 0) is 0 Å². The maximum absolute atomic E-state index is 14.1.